The average Bonchev–Trinajstić information content (AvgIpc) is 2.60. The summed E-state index contributed by atoms with van der Waals surface area (Å²) in [4.78, 5) is 36.5. The summed E-state index contributed by atoms with van der Waals surface area (Å²) in [5.74, 6) is -1.26. The molecule has 0 saturated heterocycles. The predicted molar refractivity (Wildman–Crippen MR) is 97.3 cm³/mol. The first-order chi connectivity index (χ1) is 12.3. The molecule has 0 aliphatic rings. The van der Waals surface area contributed by atoms with Crippen LogP contribution in [0.4, 0.5) is 15.8 Å². The number of nitrogens with one attached hydrogen (secondary N) is 2. The van der Waals surface area contributed by atoms with E-state index in [0.717, 1.165) is 0 Å². The molecule has 0 bridgehead atoms. The van der Waals surface area contributed by atoms with Crippen LogP contribution in [-0.4, -0.2) is 31.3 Å². The maximum atomic E-state index is 13.1. The van der Waals surface area contributed by atoms with Crippen LogP contribution >= 0.6 is 0 Å². The maximum absolute atomic E-state index is 13.1. The van der Waals surface area contributed by atoms with Crippen LogP contribution in [0.3, 0.4) is 0 Å². The van der Waals surface area contributed by atoms with Crippen molar-refractivity contribution in [1.29, 1.82) is 0 Å². The summed E-state index contributed by atoms with van der Waals surface area (Å²) < 4.78 is 13.1. The molecule has 6 nitrogen and oxygen atoms in total. The lowest BCUT2D eigenvalue weighted by Gasteiger charge is -2.15. The molecule has 2 N–H and O–H groups in total. The van der Waals surface area contributed by atoms with E-state index >= 15 is 0 Å². The third-order valence-electron chi connectivity index (χ3n) is 3.71. The van der Waals surface area contributed by atoms with Gasteiger partial charge in [0.1, 0.15) is 5.82 Å². The molecule has 0 radical (unpaired) electrons. The molecule has 0 aliphatic heterocycles. The summed E-state index contributed by atoms with van der Waals surface area (Å²) in [6, 6.07) is 12.5. The first kappa shape index (κ1) is 19.1. The van der Waals surface area contributed by atoms with Crippen LogP contribution in [0.25, 0.3) is 0 Å². The summed E-state index contributed by atoms with van der Waals surface area (Å²) in [6.45, 7) is 1.27. The highest BCUT2D eigenvalue weighted by molar-refractivity contribution is 5.95. The van der Waals surface area contributed by atoms with Gasteiger partial charge in [-0.3, -0.25) is 14.4 Å². The molecule has 7 heteroatoms. The van der Waals surface area contributed by atoms with E-state index in [9.17, 15) is 18.8 Å². The van der Waals surface area contributed by atoms with Gasteiger partial charge in [-0.2, -0.15) is 0 Å². The molecule has 0 aromatic heterocycles. The molecule has 0 saturated carbocycles. The Morgan fingerprint density at radius 2 is 1.73 bits per heavy atom. The summed E-state index contributed by atoms with van der Waals surface area (Å²) >= 11 is 0. The van der Waals surface area contributed by atoms with Gasteiger partial charge in [-0.1, -0.05) is 12.1 Å². The van der Waals surface area contributed by atoms with Crippen molar-refractivity contribution in [3.8, 4) is 0 Å². The summed E-state index contributed by atoms with van der Waals surface area (Å²) in [6.07, 6.45) is -0.00286. The minimum atomic E-state index is -0.410. The van der Waals surface area contributed by atoms with Crippen LogP contribution in [0.1, 0.15) is 12.5 Å². The number of amides is 3. The van der Waals surface area contributed by atoms with Gasteiger partial charge in [-0.25, -0.2) is 4.39 Å². The highest BCUT2D eigenvalue weighted by Crippen LogP contribution is 2.16. The number of halogens is 1. The van der Waals surface area contributed by atoms with Crippen LogP contribution < -0.4 is 15.5 Å². The highest BCUT2D eigenvalue weighted by atomic mass is 19.1. The minimum Gasteiger partial charge on any atom is -0.347 e. The molecule has 0 spiro atoms. The van der Waals surface area contributed by atoms with Gasteiger partial charge in [-0.05, 0) is 42.0 Å². The summed E-state index contributed by atoms with van der Waals surface area (Å²) in [5, 5.41) is 5.14. The third-order valence-corrected chi connectivity index (χ3v) is 3.71. The van der Waals surface area contributed by atoms with E-state index in [1.165, 1.54) is 30.0 Å². The van der Waals surface area contributed by atoms with E-state index in [1.807, 2.05) is 0 Å². The first-order valence-corrected chi connectivity index (χ1v) is 8.00. The smallest absolute Gasteiger partial charge is 0.243 e. The number of anilines is 2. The second kappa shape index (κ2) is 8.75. The number of nitrogens with zero attached hydrogens (tertiary/aromatic N) is 1. The van der Waals surface area contributed by atoms with E-state index in [4.69, 9.17) is 0 Å². The molecular formula is C19H20FN3O3. The Balaban J connectivity index is 1.81. The molecular weight excluding hydrogens is 337 g/mol. The molecule has 136 valence electrons. The van der Waals surface area contributed by atoms with Gasteiger partial charge in [0.2, 0.25) is 17.7 Å². The standard InChI is InChI=1S/C19H20FN3O3/c1-13(24)23(2)17-8-6-16(7-9-17)22-19(26)12-21-18(25)11-14-4-3-5-15(20)10-14/h3-10H,11-12H2,1-2H3,(H,21,25)(H,22,26). The lowest BCUT2D eigenvalue weighted by molar-refractivity contribution is -0.123. The number of hydrogen-bond donors (Lipinski definition) is 2. The monoisotopic (exact) mass is 357 g/mol. The van der Waals surface area contributed by atoms with E-state index in [0.29, 0.717) is 16.9 Å². The Bertz CT molecular complexity index is 806. The van der Waals surface area contributed by atoms with Gasteiger partial charge in [0.25, 0.3) is 0 Å². The molecule has 0 aliphatic carbocycles. The fraction of sp³-hybridized carbons (Fsp3) is 0.211. The van der Waals surface area contributed by atoms with E-state index in [-0.39, 0.29) is 30.7 Å². The summed E-state index contributed by atoms with van der Waals surface area (Å²) in [5.41, 5.74) is 1.79. The zero-order chi connectivity index (χ0) is 19.1. The quantitative estimate of drug-likeness (QED) is 0.831. The zero-order valence-corrected chi connectivity index (χ0v) is 14.6. The van der Waals surface area contributed by atoms with Gasteiger partial charge in [0, 0.05) is 25.3 Å². The van der Waals surface area contributed by atoms with Crippen LogP contribution in [-0.2, 0) is 20.8 Å². The fourth-order valence-corrected chi connectivity index (χ4v) is 2.23. The first-order valence-electron chi connectivity index (χ1n) is 8.00. The van der Waals surface area contributed by atoms with Crippen LogP contribution in [0.5, 0.6) is 0 Å². The molecule has 2 aromatic carbocycles. The van der Waals surface area contributed by atoms with E-state index in [1.54, 1.807) is 37.4 Å². The molecule has 0 fully saturated rings. The van der Waals surface area contributed by atoms with Crippen molar-refractivity contribution in [2.75, 3.05) is 23.8 Å². The van der Waals surface area contributed by atoms with Crippen molar-refractivity contribution in [2.24, 2.45) is 0 Å². The number of benzene rings is 2. The summed E-state index contributed by atoms with van der Waals surface area (Å²) in [7, 11) is 1.66. The van der Waals surface area contributed by atoms with Crippen molar-refractivity contribution < 1.29 is 18.8 Å². The van der Waals surface area contributed by atoms with Crippen LogP contribution in [0.2, 0.25) is 0 Å². The highest BCUT2D eigenvalue weighted by Gasteiger charge is 2.09. The lowest BCUT2D eigenvalue weighted by Crippen LogP contribution is -2.33. The van der Waals surface area contributed by atoms with Gasteiger partial charge < -0.3 is 15.5 Å². The molecule has 2 aromatic rings. The second-order valence-electron chi connectivity index (χ2n) is 5.76. The number of rotatable bonds is 6. The van der Waals surface area contributed by atoms with Crippen molar-refractivity contribution >= 4 is 29.1 Å². The fourth-order valence-electron chi connectivity index (χ4n) is 2.23. The molecule has 3 amide bonds. The van der Waals surface area contributed by atoms with Gasteiger partial charge in [0.15, 0.2) is 0 Å². The average molecular weight is 357 g/mol. The van der Waals surface area contributed by atoms with E-state index < -0.39 is 5.82 Å². The van der Waals surface area contributed by atoms with Gasteiger partial charge in [0.05, 0.1) is 13.0 Å². The van der Waals surface area contributed by atoms with Crippen molar-refractivity contribution in [2.45, 2.75) is 13.3 Å². The molecule has 0 heterocycles. The lowest BCUT2D eigenvalue weighted by atomic mass is 10.1. The normalized spacial score (nSPS) is 10.1. The van der Waals surface area contributed by atoms with Crippen LogP contribution in [0, 0.1) is 5.82 Å². The molecule has 26 heavy (non-hydrogen) atoms. The topological polar surface area (TPSA) is 78.5 Å². The SMILES string of the molecule is CC(=O)N(C)c1ccc(NC(=O)CNC(=O)Cc2cccc(F)c2)cc1. The molecule has 0 atom stereocenters. The number of carbonyl (C=O) groups excluding carboxylic acids is 3. The predicted octanol–water partition coefficient (Wildman–Crippen LogP) is 2.11. The third kappa shape index (κ3) is 5.70. The van der Waals surface area contributed by atoms with Gasteiger partial charge in [-0.15, -0.1) is 0 Å². The number of carbonyl (C=O) groups is 3. The Labute approximate surface area is 151 Å². The Morgan fingerprint density at radius 1 is 1.04 bits per heavy atom. The minimum absolute atomic E-state index is 0.00286. The van der Waals surface area contributed by atoms with Crippen molar-refractivity contribution in [3.63, 3.8) is 0 Å². The zero-order valence-electron chi connectivity index (χ0n) is 14.6. The van der Waals surface area contributed by atoms with Crippen molar-refractivity contribution in [1.82, 2.24) is 5.32 Å². The second-order valence-corrected chi connectivity index (χ2v) is 5.76. The van der Waals surface area contributed by atoms with Crippen LogP contribution in [0.15, 0.2) is 48.5 Å². The maximum Gasteiger partial charge on any atom is 0.243 e. The molecule has 2 rings (SSSR count). The Kier molecular flexibility index (Phi) is 6.43. The van der Waals surface area contributed by atoms with Gasteiger partial charge >= 0.3 is 0 Å². The largest absolute Gasteiger partial charge is 0.347 e. The Morgan fingerprint density at radius 3 is 2.35 bits per heavy atom. The number of hydrogen-bond acceptors (Lipinski definition) is 3. The van der Waals surface area contributed by atoms with E-state index in [2.05, 4.69) is 10.6 Å². The molecule has 0 unspecified atom stereocenters. The Hall–Kier alpha value is -3.22. The van der Waals surface area contributed by atoms with Crippen molar-refractivity contribution in [3.05, 3.63) is 59.9 Å².